The minimum atomic E-state index is -0.432. The third-order valence-electron chi connectivity index (χ3n) is 5.80. The summed E-state index contributed by atoms with van der Waals surface area (Å²) in [5.41, 5.74) is 2.34. The Kier molecular flexibility index (Phi) is 7.36. The molecule has 4 aromatic rings. The number of fused-ring (bicyclic) bond motifs is 2. The Morgan fingerprint density at radius 2 is 1.97 bits per heavy atom. The van der Waals surface area contributed by atoms with Gasteiger partial charge in [0.15, 0.2) is 11.5 Å². The van der Waals surface area contributed by atoms with Gasteiger partial charge in [-0.3, -0.25) is 4.79 Å². The number of furan rings is 1. The highest BCUT2D eigenvalue weighted by Crippen LogP contribution is 2.36. The largest absolute Gasteiger partial charge is 0.493 e. The fourth-order valence-electron chi connectivity index (χ4n) is 3.74. The Labute approximate surface area is 204 Å². The van der Waals surface area contributed by atoms with Crippen LogP contribution in [0.3, 0.4) is 0 Å². The molecule has 0 bridgehead atoms. The van der Waals surface area contributed by atoms with Crippen molar-refractivity contribution in [2.45, 2.75) is 32.9 Å². The highest BCUT2D eigenvalue weighted by Gasteiger charge is 2.19. The zero-order chi connectivity index (χ0) is 24.9. The van der Waals surface area contributed by atoms with E-state index in [1.54, 1.807) is 19.4 Å². The second-order valence-electron chi connectivity index (χ2n) is 8.58. The zero-order valence-electron chi connectivity index (χ0n) is 20.6. The molecule has 2 aromatic heterocycles. The van der Waals surface area contributed by atoms with E-state index in [4.69, 9.17) is 18.6 Å². The molecule has 9 heteroatoms. The predicted molar refractivity (Wildman–Crippen MR) is 134 cm³/mol. The topological polar surface area (TPSA) is 98.9 Å². The lowest BCUT2D eigenvalue weighted by Gasteiger charge is -2.26. The number of methoxy groups -OCH3 is 1. The highest BCUT2D eigenvalue weighted by atomic mass is 16.6. The molecule has 9 nitrogen and oxygen atoms in total. The van der Waals surface area contributed by atoms with Crippen molar-refractivity contribution in [1.29, 1.82) is 0 Å². The van der Waals surface area contributed by atoms with Crippen molar-refractivity contribution in [2.75, 3.05) is 32.6 Å². The van der Waals surface area contributed by atoms with Gasteiger partial charge in [0, 0.05) is 36.3 Å². The maximum absolute atomic E-state index is 11.6. The van der Waals surface area contributed by atoms with Gasteiger partial charge < -0.3 is 28.8 Å². The maximum Gasteiger partial charge on any atom is 0.303 e. The van der Waals surface area contributed by atoms with Gasteiger partial charge in [0.1, 0.15) is 30.4 Å². The number of hydrogen-bond donors (Lipinski definition) is 1. The summed E-state index contributed by atoms with van der Waals surface area (Å²) < 4.78 is 22.6. The molecule has 0 amide bonds. The standard InChI is InChI=1S/C26H30N4O5/c1-16(2)30(4)13-18(35-17(3)31)14-34-25-12-22-20(11-24(25)32-5)26(28-15-27-22)29-21-7-6-8-23-19(21)9-10-33-23/h6-12,15-16,18H,13-14H2,1-5H3,(H,27,28,29). The quantitative estimate of drug-likeness (QED) is 0.323. The Balaban J connectivity index is 1.60. The maximum atomic E-state index is 11.6. The molecule has 4 rings (SSSR count). The fraction of sp³-hybridized carbons (Fsp3) is 0.346. The first-order valence-electron chi connectivity index (χ1n) is 11.4. The summed E-state index contributed by atoms with van der Waals surface area (Å²) in [4.78, 5) is 22.6. The number of rotatable bonds is 10. The normalized spacial score (nSPS) is 12.3. The third kappa shape index (κ3) is 5.63. The Bertz CT molecular complexity index is 1320. The molecule has 0 fully saturated rings. The van der Waals surface area contributed by atoms with Gasteiger partial charge in [-0.15, -0.1) is 0 Å². The van der Waals surface area contributed by atoms with Gasteiger partial charge in [-0.05, 0) is 45.2 Å². The van der Waals surface area contributed by atoms with Crippen LogP contribution in [-0.2, 0) is 9.53 Å². The summed E-state index contributed by atoms with van der Waals surface area (Å²) in [5, 5.41) is 5.10. The van der Waals surface area contributed by atoms with Gasteiger partial charge in [0.25, 0.3) is 0 Å². The van der Waals surface area contributed by atoms with Crippen molar-refractivity contribution in [1.82, 2.24) is 14.9 Å². The summed E-state index contributed by atoms with van der Waals surface area (Å²) in [6.07, 6.45) is 2.72. The van der Waals surface area contributed by atoms with Crippen molar-refractivity contribution in [3.8, 4) is 11.5 Å². The SMILES string of the molecule is COc1cc2c(Nc3cccc4occc34)ncnc2cc1OCC(CN(C)C(C)C)OC(C)=O. The molecule has 2 aromatic carbocycles. The van der Waals surface area contributed by atoms with E-state index in [9.17, 15) is 4.79 Å². The molecular formula is C26H30N4O5. The molecule has 1 N–H and O–H groups in total. The lowest BCUT2D eigenvalue weighted by atomic mass is 10.2. The van der Waals surface area contributed by atoms with E-state index in [0.717, 1.165) is 22.0 Å². The van der Waals surface area contributed by atoms with Crippen LogP contribution in [0.25, 0.3) is 21.9 Å². The van der Waals surface area contributed by atoms with Crippen molar-refractivity contribution in [3.63, 3.8) is 0 Å². The first-order chi connectivity index (χ1) is 16.9. The molecule has 0 radical (unpaired) electrons. The van der Waals surface area contributed by atoms with E-state index >= 15 is 0 Å². The number of nitrogens with zero attached hydrogens (tertiary/aromatic N) is 3. The third-order valence-corrected chi connectivity index (χ3v) is 5.80. The van der Waals surface area contributed by atoms with Crippen LogP contribution in [-0.4, -0.2) is 60.3 Å². The molecule has 0 saturated carbocycles. The van der Waals surface area contributed by atoms with Gasteiger partial charge in [-0.25, -0.2) is 9.97 Å². The molecule has 1 unspecified atom stereocenters. The molecule has 0 aliphatic rings. The van der Waals surface area contributed by atoms with E-state index in [1.807, 2.05) is 37.4 Å². The van der Waals surface area contributed by atoms with Gasteiger partial charge >= 0.3 is 5.97 Å². The van der Waals surface area contributed by atoms with Gasteiger partial charge in [-0.1, -0.05) is 6.07 Å². The van der Waals surface area contributed by atoms with E-state index < -0.39 is 6.10 Å². The Hall–Kier alpha value is -3.85. The van der Waals surface area contributed by atoms with Crippen LogP contribution in [0.1, 0.15) is 20.8 Å². The van der Waals surface area contributed by atoms with E-state index in [0.29, 0.717) is 35.4 Å². The Morgan fingerprint density at radius 1 is 1.14 bits per heavy atom. The number of carbonyl (C=O) groups excluding carboxylic acids is 1. The number of carbonyl (C=O) groups is 1. The van der Waals surface area contributed by atoms with Crippen LogP contribution in [0.2, 0.25) is 0 Å². The van der Waals surface area contributed by atoms with Crippen molar-refractivity contribution in [2.24, 2.45) is 0 Å². The molecule has 1 atom stereocenters. The number of ether oxygens (including phenoxy) is 3. The van der Waals surface area contributed by atoms with Gasteiger partial charge in [-0.2, -0.15) is 0 Å². The fourth-order valence-corrected chi connectivity index (χ4v) is 3.74. The number of hydrogen-bond acceptors (Lipinski definition) is 9. The number of esters is 1. The van der Waals surface area contributed by atoms with E-state index in [1.165, 1.54) is 13.3 Å². The molecule has 0 spiro atoms. The number of benzene rings is 2. The average molecular weight is 479 g/mol. The summed E-state index contributed by atoms with van der Waals surface area (Å²) >= 11 is 0. The summed E-state index contributed by atoms with van der Waals surface area (Å²) in [5.74, 6) is 1.31. The first kappa shape index (κ1) is 24.3. The minimum absolute atomic E-state index is 0.178. The molecule has 0 aliphatic heterocycles. The second-order valence-corrected chi connectivity index (χ2v) is 8.58. The molecule has 35 heavy (non-hydrogen) atoms. The monoisotopic (exact) mass is 478 g/mol. The van der Waals surface area contributed by atoms with E-state index in [-0.39, 0.29) is 12.6 Å². The molecule has 0 aliphatic carbocycles. The van der Waals surface area contributed by atoms with Crippen LogP contribution in [0.5, 0.6) is 11.5 Å². The highest BCUT2D eigenvalue weighted by molar-refractivity contribution is 5.97. The van der Waals surface area contributed by atoms with Crippen molar-refractivity contribution < 1.29 is 23.4 Å². The number of aromatic nitrogens is 2. The van der Waals surface area contributed by atoms with Crippen LogP contribution in [0.15, 0.2) is 53.4 Å². The molecule has 0 saturated heterocycles. The molecular weight excluding hydrogens is 448 g/mol. The van der Waals surface area contributed by atoms with Gasteiger partial charge in [0.2, 0.25) is 0 Å². The smallest absolute Gasteiger partial charge is 0.303 e. The average Bonchev–Trinajstić information content (AvgIpc) is 3.31. The summed E-state index contributed by atoms with van der Waals surface area (Å²) in [6, 6.07) is 11.6. The lowest BCUT2D eigenvalue weighted by Crippen LogP contribution is -2.39. The minimum Gasteiger partial charge on any atom is -0.493 e. The van der Waals surface area contributed by atoms with Crippen LogP contribution in [0, 0.1) is 0 Å². The number of nitrogens with one attached hydrogen (secondary N) is 1. The Morgan fingerprint density at radius 3 is 2.71 bits per heavy atom. The lowest BCUT2D eigenvalue weighted by molar-refractivity contribution is -0.148. The van der Waals surface area contributed by atoms with E-state index in [2.05, 4.69) is 34.0 Å². The summed E-state index contributed by atoms with van der Waals surface area (Å²) in [6.45, 7) is 6.28. The van der Waals surface area contributed by atoms with Crippen LogP contribution < -0.4 is 14.8 Å². The first-order valence-corrected chi connectivity index (χ1v) is 11.4. The molecule has 184 valence electrons. The van der Waals surface area contributed by atoms with Crippen LogP contribution in [0.4, 0.5) is 11.5 Å². The molecule has 2 heterocycles. The zero-order valence-corrected chi connectivity index (χ0v) is 20.6. The van der Waals surface area contributed by atoms with Crippen molar-refractivity contribution in [3.05, 3.63) is 49.0 Å². The second kappa shape index (κ2) is 10.6. The van der Waals surface area contributed by atoms with Gasteiger partial charge in [0.05, 0.1) is 24.6 Å². The van der Waals surface area contributed by atoms with Crippen LogP contribution >= 0.6 is 0 Å². The van der Waals surface area contributed by atoms with Crippen molar-refractivity contribution >= 4 is 39.3 Å². The predicted octanol–water partition coefficient (Wildman–Crippen LogP) is 4.78. The summed E-state index contributed by atoms with van der Waals surface area (Å²) in [7, 11) is 3.56. The number of anilines is 2. The number of likely N-dealkylation sites (N-methyl/N-ethyl adjacent to an activating group) is 1.